The van der Waals surface area contributed by atoms with Gasteiger partial charge in [0.05, 0.1) is 6.61 Å². The maximum atomic E-state index is 8.29. The average Bonchev–Trinajstić information content (AvgIpc) is 2.34. The molecule has 0 fully saturated rings. The molecule has 0 atom stereocenters. The normalized spacial score (nSPS) is 9.44. The molecule has 0 aliphatic carbocycles. The van der Waals surface area contributed by atoms with E-state index >= 15 is 0 Å². The van der Waals surface area contributed by atoms with E-state index < -0.39 is 0 Å². The van der Waals surface area contributed by atoms with Crippen molar-refractivity contribution < 1.29 is 14.4 Å². The number of rotatable bonds is 3. The minimum atomic E-state index is 0.00514. The van der Waals surface area contributed by atoms with Gasteiger partial charge in [0.25, 0.3) is 0 Å². The summed E-state index contributed by atoms with van der Waals surface area (Å²) in [6.45, 7) is 0.284. The number of aliphatic hydroxyl groups excluding tert-OH is 1. The number of ether oxygens (including phenoxy) is 1. The lowest BCUT2D eigenvalue weighted by Gasteiger charge is -1.95. The SMILES string of the molecule is OCCOc1cnoc1. The fraction of sp³-hybridized carbons (Fsp3) is 0.400. The van der Waals surface area contributed by atoms with Gasteiger partial charge in [-0.1, -0.05) is 5.16 Å². The number of aliphatic hydroxyl groups is 1. The van der Waals surface area contributed by atoms with Crippen molar-refractivity contribution in [2.75, 3.05) is 13.2 Å². The van der Waals surface area contributed by atoms with Gasteiger partial charge in [-0.25, -0.2) is 0 Å². The molecule has 0 bridgehead atoms. The van der Waals surface area contributed by atoms with E-state index in [0.29, 0.717) is 5.75 Å². The fourth-order valence-electron chi connectivity index (χ4n) is 0.430. The van der Waals surface area contributed by atoms with Gasteiger partial charge in [-0.3, -0.25) is 0 Å². The molecule has 0 spiro atoms. The van der Waals surface area contributed by atoms with E-state index in [0.717, 1.165) is 0 Å². The molecule has 0 saturated heterocycles. The van der Waals surface area contributed by atoms with Crippen molar-refractivity contribution in [3.05, 3.63) is 12.5 Å². The summed E-state index contributed by atoms with van der Waals surface area (Å²) in [7, 11) is 0. The van der Waals surface area contributed by atoms with Crippen LogP contribution in [0.25, 0.3) is 0 Å². The molecule has 1 N–H and O–H groups in total. The Labute approximate surface area is 52.0 Å². The number of aromatic nitrogens is 1. The quantitative estimate of drug-likeness (QED) is 0.626. The van der Waals surface area contributed by atoms with Crippen molar-refractivity contribution in [3.8, 4) is 5.75 Å². The van der Waals surface area contributed by atoms with Crippen LogP contribution in [0.3, 0.4) is 0 Å². The third-order valence-electron chi connectivity index (χ3n) is 0.770. The first kappa shape index (κ1) is 6.10. The molecule has 9 heavy (non-hydrogen) atoms. The first-order valence-electron chi connectivity index (χ1n) is 2.56. The zero-order valence-electron chi connectivity index (χ0n) is 4.78. The molecule has 0 aliphatic heterocycles. The lowest BCUT2D eigenvalue weighted by Crippen LogP contribution is -2.00. The maximum absolute atomic E-state index is 8.29. The third-order valence-corrected chi connectivity index (χ3v) is 0.770. The van der Waals surface area contributed by atoms with Gasteiger partial charge in [0.2, 0.25) is 0 Å². The minimum absolute atomic E-state index is 0.00514. The largest absolute Gasteiger partial charge is 0.486 e. The van der Waals surface area contributed by atoms with Gasteiger partial charge in [0.15, 0.2) is 12.0 Å². The van der Waals surface area contributed by atoms with E-state index in [1.807, 2.05) is 0 Å². The maximum Gasteiger partial charge on any atom is 0.178 e. The van der Waals surface area contributed by atoms with Gasteiger partial charge in [-0.2, -0.15) is 0 Å². The van der Waals surface area contributed by atoms with Crippen LogP contribution in [0.1, 0.15) is 0 Å². The highest BCUT2D eigenvalue weighted by Crippen LogP contribution is 2.05. The number of nitrogens with zero attached hydrogens (tertiary/aromatic N) is 1. The Kier molecular flexibility index (Phi) is 2.09. The van der Waals surface area contributed by atoms with Crippen LogP contribution < -0.4 is 4.74 Å². The molecule has 4 nitrogen and oxygen atoms in total. The molecule has 1 heterocycles. The van der Waals surface area contributed by atoms with E-state index in [1.165, 1.54) is 12.5 Å². The third kappa shape index (κ3) is 1.73. The average molecular weight is 129 g/mol. The molecule has 1 aromatic rings. The van der Waals surface area contributed by atoms with Gasteiger partial charge in [0, 0.05) is 0 Å². The van der Waals surface area contributed by atoms with Gasteiger partial charge in [0.1, 0.15) is 12.8 Å². The van der Waals surface area contributed by atoms with Crippen LogP contribution in [-0.2, 0) is 0 Å². The Bertz CT molecular complexity index is 149. The Morgan fingerprint density at radius 2 is 2.67 bits per heavy atom. The predicted octanol–water partition coefficient (Wildman–Crippen LogP) is 0.0457. The van der Waals surface area contributed by atoms with Crippen LogP contribution >= 0.6 is 0 Å². The van der Waals surface area contributed by atoms with Crippen molar-refractivity contribution in [2.24, 2.45) is 0 Å². The van der Waals surface area contributed by atoms with Crippen LogP contribution in [0.5, 0.6) is 5.75 Å². The predicted molar refractivity (Wildman–Crippen MR) is 29.1 cm³/mol. The summed E-state index contributed by atoms with van der Waals surface area (Å²) < 4.78 is 9.34. The summed E-state index contributed by atoms with van der Waals surface area (Å²) in [5.41, 5.74) is 0. The smallest absolute Gasteiger partial charge is 0.178 e. The summed E-state index contributed by atoms with van der Waals surface area (Å²) >= 11 is 0. The van der Waals surface area contributed by atoms with E-state index in [1.54, 1.807) is 0 Å². The Balaban J connectivity index is 2.30. The fourth-order valence-corrected chi connectivity index (χ4v) is 0.430. The van der Waals surface area contributed by atoms with Gasteiger partial charge in [-0.15, -0.1) is 0 Å². The Morgan fingerprint density at radius 1 is 1.78 bits per heavy atom. The molecule has 50 valence electrons. The van der Waals surface area contributed by atoms with Crippen LogP contribution in [-0.4, -0.2) is 23.5 Å². The summed E-state index contributed by atoms with van der Waals surface area (Å²) in [4.78, 5) is 0. The Morgan fingerprint density at radius 3 is 3.22 bits per heavy atom. The molecule has 1 rings (SSSR count). The molecular weight excluding hydrogens is 122 g/mol. The lowest BCUT2D eigenvalue weighted by molar-refractivity contribution is 0.200. The van der Waals surface area contributed by atoms with E-state index in [4.69, 9.17) is 9.84 Å². The van der Waals surface area contributed by atoms with Crippen molar-refractivity contribution in [3.63, 3.8) is 0 Å². The molecule has 0 unspecified atom stereocenters. The summed E-state index contributed by atoms with van der Waals surface area (Å²) in [5.74, 6) is 0.545. The molecular formula is C5H7NO3. The van der Waals surface area contributed by atoms with E-state index in [9.17, 15) is 0 Å². The van der Waals surface area contributed by atoms with Crippen LogP contribution in [0.4, 0.5) is 0 Å². The molecule has 0 amide bonds. The zero-order chi connectivity index (χ0) is 6.53. The number of hydrogen-bond donors (Lipinski definition) is 1. The highest BCUT2D eigenvalue weighted by Gasteiger charge is 1.92. The standard InChI is InChI=1S/C5H7NO3/c7-1-2-8-5-3-6-9-4-5/h3-4,7H,1-2H2. The Hall–Kier alpha value is -1.03. The first-order chi connectivity index (χ1) is 4.43. The second-order valence-electron chi connectivity index (χ2n) is 1.43. The van der Waals surface area contributed by atoms with Crippen molar-refractivity contribution in [1.29, 1.82) is 0 Å². The van der Waals surface area contributed by atoms with Crippen LogP contribution in [0, 0.1) is 0 Å². The molecule has 4 heteroatoms. The summed E-state index contributed by atoms with van der Waals surface area (Å²) in [6, 6.07) is 0. The van der Waals surface area contributed by atoms with Crippen molar-refractivity contribution in [1.82, 2.24) is 5.16 Å². The van der Waals surface area contributed by atoms with Crippen LogP contribution in [0.2, 0.25) is 0 Å². The highest BCUT2D eigenvalue weighted by molar-refractivity contribution is 5.07. The second-order valence-corrected chi connectivity index (χ2v) is 1.43. The number of hydrogen-bond acceptors (Lipinski definition) is 4. The minimum Gasteiger partial charge on any atom is -0.486 e. The highest BCUT2D eigenvalue weighted by atomic mass is 16.5. The lowest BCUT2D eigenvalue weighted by atomic mass is 10.6. The second kappa shape index (κ2) is 3.09. The van der Waals surface area contributed by atoms with Gasteiger partial charge >= 0.3 is 0 Å². The van der Waals surface area contributed by atoms with E-state index in [-0.39, 0.29) is 13.2 Å². The van der Waals surface area contributed by atoms with Crippen molar-refractivity contribution in [2.45, 2.75) is 0 Å². The molecule has 0 aliphatic rings. The van der Waals surface area contributed by atoms with Gasteiger partial charge in [-0.05, 0) is 0 Å². The molecule has 0 aromatic carbocycles. The summed E-state index contributed by atoms with van der Waals surface area (Å²) in [6.07, 6.45) is 2.81. The van der Waals surface area contributed by atoms with Crippen LogP contribution in [0.15, 0.2) is 17.0 Å². The monoisotopic (exact) mass is 129 g/mol. The zero-order valence-corrected chi connectivity index (χ0v) is 4.78. The van der Waals surface area contributed by atoms with Gasteiger partial charge < -0.3 is 14.4 Å². The molecule has 0 saturated carbocycles. The van der Waals surface area contributed by atoms with E-state index in [2.05, 4.69) is 9.68 Å². The van der Waals surface area contributed by atoms with Crippen molar-refractivity contribution >= 4 is 0 Å². The molecule has 0 radical (unpaired) electrons. The topological polar surface area (TPSA) is 55.5 Å². The first-order valence-corrected chi connectivity index (χ1v) is 2.56. The molecule has 1 aromatic heterocycles. The summed E-state index contributed by atoms with van der Waals surface area (Å²) in [5, 5.41) is 11.7.